The lowest BCUT2D eigenvalue weighted by Crippen LogP contribution is -2.42. The average Bonchev–Trinajstić information content (AvgIpc) is 2.25. The van der Waals surface area contributed by atoms with E-state index in [1.54, 1.807) is 6.92 Å². The van der Waals surface area contributed by atoms with E-state index in [0.717, 1.165) is 12.3 Å². The van der Waals surface area contributed by atoms with E-state index in [9.17, 15) is 18.3 Å². The summed E-state index contributed by atoms with van der Waals surface area (Å²) in [6.45, 7) is 5.29. The number of pyridine rings is 1. The number of nitrogens with one attached hydrogen (secondary N) is 2. The molecule has 7 heteroatoms. The summed E-state index contributed by atoms with van der Waals surface area (Å²) in [4.78, 5) is 13.7. The molecule has 0 aromatic carbocycles. The molecule has 1 heterocycles. The predicted molar refractivity (Wildman–Crippen MR) is 72.3 cm³/mol. The SMILES string of the molecule is CC(C)CC(C)(O)CNS(=O)(=O)c1c[nH]ccc1=O. The summed E-state index contributed by atoms with van der Waals surface area (Å²) in [6.07, 6.45) is 2.94. The van der Waals surface area contributed by atoms with Gasteiger partial charge in [-0.1, -0.05) is 13.8 Å². The molecule has 0 amide bonds. The van der Waals surface area contributed by atoms with Gasteiger partial charge in [-0.05, 0) is 19.3 Å². The maximum atomic E-state index is 11.9. The number of aromatic amines is 1. The fourth-order valence-electron chi connectivity index (χ4n) is 1.89. The number of rotatable bonds is 6. The number of H-pyrrole nitrogens is 1. The molecule has 0 saturated carbocycles. The zero-order valence-corrected chi connectivity index (χ0v) is 12.1. The van der Waals surface area contributed by atoms with Crippen molar-refractivity contribution in [3.63, 3.8) is 0 Å². The van der Waals surface area contributed by atoms with Crippen LogP contribution in [0.25, 0.3) is 0 Å². The van der Waals surface area contributed by atoms with Crippen LogP contribution >= 0.6 is 0 Å². The van der Waals surface area contributed by atoms with Gasteiger partial charge in [0, 0.05) is 25.0 Å². The first-order valence-electron chi connectivity index (χ1n) is 6.03. The van der Waals surface area contributed by atoms with E-state index in [1.807, 2.05) is 13.8 Å². The standard InChI is InChI=1S/C12H20N2O4S/c1-9(2)6-12(3,16)8-14-19(17,18)11-7-13-5-4-10(11)15/h4-5,7,9,14,16H,6,8H2,1-3H3,(H,13,15). The molecule has 1 aromatic rings. The third-order valence-electron chi connectivity index (χ3n) is 2.57. The fourth-order valence-corrected chi connectivity index (χ4v) is 3.10. The Balaban J connectivity index is 2.83. The van der Waals surface area contributed by atoms with Crippen LogP contribution in [0.2, 0.25) is 0 Å². The third-order valence-corrected chi connectivity index (χ3v) is 3.99. The molecule has 0 bridgehead atoms. The number of aliphatic hydroxyl groups is 1. The van der Waals surface area contributed by atoms with Crippen molar-refractivity contribution in [2.45, 2.75) is 37.7 Å². The number of hydrogen-bond donors (Lipinski definition) is 3. The Morgan fingerprint density at radius 2 is 2.11 bits per heavy atom. The Kier molecular flexibility index (Phi) is 4.89. The molecule has 0 aliphatic rings. The van der Waals surface area contributed by atoms with Crippen LogP contribution in [0.3, 0.4) is 0 Å². The summed E-state index contributed by atoms with van der Waals surface area (Å²) in [5.74, 6) is 0.236. The van der Waals surface area contributed by atoms with Crippen LogP contribution in [0.1, 0.15) is 27.2 Å². The van der Waals surface area contributed by atoms with E-state index < -0.39 is 21.1 Å². The second-order valence-corrected chi connectivity index (χ2v) is 7.03. The largest absolute Gasteiger partial charge is 0.389 e. The van der Waals surface area contributed by atoms with Gasteiger partial charge in [-0.15, -0.1) is 0 Å². The topological polar surface area (TPSA) is 99.3 Å². The van der Waals surface area contributed by atoms with Crippen LogP contribution in [0.5, 0.6) is 0 Å². The molecular formula is C12H20N2O4S. The quantitative estimate of drug-likeness (QED) is 0.707. The molecule has 1 aromatic heterocycles. The zero-order valence-electron chi connectivity index (χ0n) is 11.3. The lowest BCUT2D eigenvalue weighted by Gasteiger charge is -2.25. The molecular weight excluding hydrogens is 268 g/mol. The molecule has 0 saturated heterocycles. The number of aromatic nitrogens is 1. The molecule has 0 radical (unpaired) electrons. The molecule has 0 spiro atoms. The molecule has 1 atom stereocenters. The molecule has 0 aliphatic carbocycles. The predicted octanol–water partition coefficient (Wildman–Crippen LogP) is 0.450. The number of sulfonamides is 1. The van der Waals surface area contributed by atoms with Crippen LogP contribution in [-0.2, 0) is 10.0 Å². The normalized spacial score (nSPS) is 15.4. The molecule has 0 fully saturated rings. The highest BCUT2D eigenvalue weighted by Gasteiger charge is 2.26. The summed E-state index contributed by atoms with van der Waals surface area (Å²) in [6, 6.07) is 1.14. The van der Waals surface area contributed by atoms with Gasteiger partial charge >= 0.3 is 0 Å². The second kappa shape index (κ2) is 5.85. The Labute approximate surface area is 112 Å². The van der Waals surface area contributed by atoms with Crippen LogP contribution in [-0.4, -0.2) is 30.7 Å². The Hall–Kier alpha value is -1.18. The maximum absolute atomic E-state index is 11.9. The van der Waals surface area contributed by atoms with Gasteiger partial charge in [-0.2, -0.15) is 0 Å². The highest BCUT2D eigenvalue weighted by molar-refractivity contribution is 7.89. The Morgan fingerprint density at radius 3 is 2.63 bits per heavy atom. The van der Waals surface area contributed by atoms with Crippen LogP contribution < -0.4 is 10.2 Å². The lowest BCUT2D eigenvalue weighted by molar-refractivity contribution is 0.0436. The number of hydrogen-bond acceptors (Lipinski definition) is 4. The van der Waals surface area contributed by atoms with Gasteiger partial charge in [0.2, 0.25) is 15.5 Å². The van der Waals surface area contributed by atoms with Crippen molar-refractivity contribution in [3.05, 3.63) is 28.7 Å². The van der Waals surface area contributed by atoms with Gasteiger partial charge in [0.25, 0.3) is 0 Å². The molecule has 1 unspecified atom stereocenters. The van der Waals surface area contributed by atoms with Crippen molar-refractivity contribution >= 4 is 10.0 Å². The molecule has 1 rings (SSSR count). The summed E-state index contributed by atoms with van der Waals surface area (Å²) in [5.41, 5.74) is -1.74. The van der Waals surface area contributed by atoms with Gasteiger partial charge in [0.1, 0.15) is 4.90 Å². The molecule has 108 valence electrons. The lowest BCUT2D eigenvalue weighted by atomic mass is 9.95. The van der Waals surface area contributed by atoms with Crippen LogP contribution in [0.15, 0.2) is 28.2 Å². The summed E-state index contributed by atoms with van der Waals surface area (Å²) < 4.78 is 26.2. The highest BCUT2D eigenvalue weighted by atomic mass is 32.2. The second-order valence-electron chi connectivity index (χ2n) is 5.29. The Morgan fingerprint density at radius 1 is 1.47 bits per heavy atom. The molecule has 0 aliphatic heterocycles. The van der Waals surface area contributed by atoms with E-state index in [1.165, 1.54) is 6.20 Å². The van der Waals surface area contributed by atoms with Crippen molar-refractivity contribution in [2.24, 2.45) is 5.92 Å². The van der Waals surface area contributed by atoms with Gasteiger partial charge in [-0.25, -0.2) is 13.1 Å². The monoisotopic (exact) mass is 288 g/mol. The zero-order chi connectivity index (χ0) is 14.7. The molecule has 19 heavy (non-hydrogen) atoms. The summed E-state index contributed by atoms with van der Waals surface area (Å²) in [7, 11) is -3.91. The molecule has 6 nitrogen and oxygen atoms in total. The highest BCUT2D eigenvalue weighted by Crippen LogP contribution is 2.15. The first-order valence-corrected chi connectivity index (χ1v) is 7.51. The first-order chi connectivity index (χ1) is 8.64. The van der Waals surface area contributed by atoms with Crippen molar-refractivity contribution in [1.29, 1.82) is 0 Å². The van der Waals surface area contributed by atoms with Crippen molar-refractivity contribution in [2.75, 3.05) is 6.54 Å². The van der Waals surface area contributed by atoms with Gasteiger partial charge in [-0.3, -0.25) is 4.79 Å². The van der Waals surface area contributed by atoms with Gasteiger partial charge < -0.3 is 10.1 Å². The van der Waals surface area contributed by atoms with E-state index in [-0.39, 0.29) is 17.4 Å². The first kappa shape index (κ1) is 15.9. The minimum absolute atomic E-state index is 0.137. The minimum Gasteiger partial charge on any atom is -0.389 e. The fraction of sp³-hybridized carbons (Fsp3) is 0.583. The van der Waals surface area contributed by atoms with Crippen molar-refractivity contribution in [3.8, 4) is 0 Å². The van der Waals surface area contributed by atoms with Crippen LogP contribution in [0, 0.1) is 5.92 Å². The average molecular weight is 288 g/mol. The van der Waals surface area contributed by atoms with E-state index in [4.69, 9.17) is 0 Å². The van der Waals surface area contributed by atoms with Crippen LogP contribution in [0.4, 0.5) is 0 Å². The smallest absolute Gasteiger partial charge is 0.246 e. The van der Waals surface area contributed by atoms with Gasteiger partial charge in [0.05, 0.1) is 5.60 Å². The molecule has 3 N–H and O–H groups in total. The van der Waals surface area contributed by atoms with Gasteiger partial charge in [0.15, 0.2) is 0 Å². The summed E-state index contributed by atoms with van der Waals surface area (Å²) >= 11 is 0. The Bertz CT molecular complexity index is 575. The summed E-state index contributed by atoms with van der Waals surface area (Å²) in [5, 5.41) is 10.1. The van der Waals surface area contributed by atoms with E-state index in [0.29, 0.717) is 6.42 Å². The third kappa shape index (κ3) is 4.77. The van der Waals surface area contributed by atoms with E-state index >= 15 is 0 Å². The maximum Gasteiger partial charge on any atom is 0.246 e. The van der Waals surface area contributed by atoms with Crippen molar-refractivity contribution < 1.29 is 13.5 Å². The minimum atomic E-state index is -3.91. The van der Waals surface area contributed by atoms with E-state index in [2.05, 4.69) is 9.71 Å². The van der Waals surface area contributed by atoms with Crippen molar-refractivity contribution in [1.82, 2.24) is 9.71 Å².